The van der Waals surface area contributed by atoms with Gasteiger partial charge in [0.2, 0.25) is 5.91 Å². The molecule has 3 aliphatic rings. The van der Waals surface area contributed by atoms with Crippen molar-refractivity contribution in [2.75, 3.05) is 50.8 Å². The number of morpholine rings is 1. The van der Waals surface area contributed by atoms with E-state index in [1.165, 1.54) is 5.56 Å². The van der Waals surface area contributed by atoms with Crippen LogP contribution in [0, 0.1) is 6.92 Å². The van der Waals surface area contributed by atoms with Gasteiger partial charge < -0.3 is 29.1 Å². The molecule has 1 atom stereocenters. The van der Waals surface area contributed by atoms with Crippen molar-refractivity contribution in [3.63, 3.8) is 0 Å². The SMILES string of the molecule is CCCCN(C(=O)c1cc(-c2cc3c(cc2C(=O)N2Cc4ccccc4C[C@H]2CN2CCOCC2)CN(C(=O)Cc2ccccc2)CC3)n(C)c1C)c1ccc(O)cc1. The van der Waals surface area contributed by atoms with Crippen LogP contribution in [0.4, 0.5) is 5.69 Å². The van der Waals surface area contributed by atoms with Gasteiger partial charge in [0.05, 0.1) is 25.2 Å². The largest absolute Gasteiger partial charge is 0.508 e. The van der Waals surface area contributed by atoms with E-state index in [9.17, 15) is 14.7 Å². The summed E-state index contributed by atoms with van der Waals surface area (Å²) in [4.78, 5) is 51.9. The molecule has 0 radical (unpaired) electrons. The first kappa shape index (κ1) is 40.1. The minimum atomic E-state index is -0.125. The quantitative estimate of drug-likeness (QED) is 0.152. The first-order valence-electron chi connectivity index (χ1n) is 21.1. The van der Waals surface area contributed by atoms with Crippen LogP contribution in [0.15, 0.2) is 97.1 Å². The summed E-state index contributed by atoms with van der Waals surface area (Å²) in [6.45, 7) is 9.88. The number of phenolic OH excluding ortho intramolecular Hbond substituents is 1. The fraction of sp³-hybridized carbons (Fsp3) is 0.367. The van der Waals surface area contributed by atoms with Crippen molar-refractivity contribution >= 4 is 23.4 Å². The molecule has 1 saturated heterocycles. The van der Waals surface area contributed by atoms with Crippen molar-refractivity contribution in [2.45, 2.75) is 65.1 Å². The number of aromatic nitrogens is 1. The number of ether oxygens (including phenoxy) is 1. The van der Waals surface area contributed by atoms with Crippen molar-refractivity contribution in [2.24, 2.45) is 7.05 Å². The number of carbonyl (C=O) groups is 3. The second-order valence-corrected chi connectivity index (χ2v) is 16.3. The van der Waals surface area contributed by atoms with Gasteiger partial charge in [-0.25, -0.2) is 0 Å². The molecule has 0 unspecified atom stereocenters. The van der Waals surface area contributed by atoms with Crippen LogP contribution in [-0.2, 0) is 48.9 Å². The van der Waals surface area contributed by atoms with Crippen LogP contribution in [0.1, 0.15) is 74.0 Å². The van der Waals surface area contributed by atoms with E-state index >= 15 is 4.79 Å². The molecule has 59 heavy (non-hydrogen) atoms. The monoisotopic (exact) mass is 793 g/mol. The normalized spacial score (nSPS) is 16.7. The van der Waals surface area contributed by atoms with Gasteiger partial charge >= 0.3 is 0 Å². The van der Waals surface area contributed by atoms with Crippen LogP contribution in [0.25, 0.3) is 11.3 Å². The second kappa shape index (κ2) is 17.6. The van der Waals surface area contributed by atoms with Crippen molar-refractivity contribution in [3.8, 4) is 17.0 Å². The number of phenols is 1. The number of fused-ring (bicyclic) bond motifs is 2. The summed E-state index contributed by atoms with van der Waals surface area (Å²) in [7, 11) is 1.97. The van der Waals surface area contributed by atoms with Crippen molar-refractivity contribution < 1.29 is 24.2 Å². The molecule has 3 aliphatic heterocycles. The molecule has 0 saturated carbocycles. The van der Waals surface area contributed by atoms with Crippen LogP contribution in [0.5, 0.6) is 5.75 Å². The highest BCUT2D eigenvalue weighted by atomic mass is 16.5. The lowest BCUT2D eigenvalue weighted by Crippen LogP contribution is -2.52. The topological polar surface area (TPSA) is 98.6 Å². The highest BCUT2D eigenvalue weighted by molar-refractivity contribution is 6.08. The van der Waals surface area contributed by atoms with Crippen LogP contribution < -0.4 is 4.90 Å². The van der Waals surface area contributed by atoms with E-state index in [4.69, 9.17) is 4.74 Å². The average Bonchev–Trinajstić information content (AvgIpc) is 3.56. The maximum absolute atomic E-state index is 15.5. The number of carbonyl (C=O) groups excluding carboxylic acids is 3. The van der Waals surface area contributed by atoms with Gasteiger partial charge in [0.25, 0.3) is 11.8 Å². The number of benzene rings is 4. The Morgan fingerprint density at radius 1 is 0.814 bits per heavy atom. The predicted octanol–water partition coefficient (Wildman–Crippen LogP) is 7.18. The van der Waals surface area contributed by atoms with E-state index in [-0.39, 0.29) is 29.5 Å². The zero-order valence-corrected chi connectivity index (χ0v) is 34.5. The predicted molar refractivity (Wildman–Crippen MR) is 231 cm³/mol. The van der Waals surface area contributed by atoms with Gasteiger partial charge in [-0.3, -0.25) is 19.3 Å². The van der Waals surface area contributed by atoms with Gasteiger partial charge in [-0.15, -0.1) is 0 Å². The van der Waals surface area contributed by atoms with E-state index < -0.39 is 0 Å². The number of amides is 3. The third-order valence-corrected chi connectivity index (χ3v) is 12.5. The number of hydrogen-bond acceptors (Lipinski definition) is 6. The maximum Gasteiger partial charge on any atom is 0.260 e. The number of unbranched alkanes of at least 4 members (excludes halogenated alkanes) is 1. The minimum Gasteiger partial charge on any atom is -0.508 e. The Morgan fingerprint density at radius 3 is 2.29 bits per heavy atom. The zero-order valence-electron chi connectivity index (χ0n) is 34.5. The van der Waals surface area contributed by atoms with E-state index in [1.807, 2.05) is 72.0 Å². The van der Waals surface area contributed by atoms with E-state index in [0.29, 0.717) is 63.4 Å². The van der Waals surface area contributed by atoms with Crippen molar-refractivity contribution in [1.29, 1.82) is 0 Å². The van der Waals surface area contributed by atoms with Crippen molar-refractivity contribution in [3.05, 3.63) is 142 Å². The van der Waals surface area contributed by atoms with Crippen LogP contribution in [0.2, 0.25) is 0 Å². The van der Waals surface area contributed by atoms with E-state index in [2.05, 4.69) is 41.0 Å². The third-order valence-electron chi connectivity index (χ3n) is 12.5. The minimum absolute atomic E-state index is 0.0481. The Labute approximate surface area is 347 Å². The standard InChI is InChI=1S/C49H55N5O5/c1-4-5-20-53(40-15-17-42(55)18-16-40)48(57)43-30-46(50(3)34(43)2)44-28-37-19-21-52(47(56)26-35-11-7-6-8-12-35)31-39(37)29-45(44)49(58)54-32-38-14-10-9-13-36(38)27-41(54)33-51-22-24-59-25-23-51/h6-18,28-30,41,55H,4-5,19-27,31-33H2,1-3H3/t41-/m0/s1. The fourth-order valence-electron chi connectivity index (χ4n) is 8.93. The number of rotatable bonds is 11. The summed E-state index contributed by atoms with van der Waals surface area (Å²) in [5.41, 5.74) is 9.74. The van der Waals surface area contributed by atoms with Crippen molar-refractivity contribution in [1.82, 2.24) is 19.3 Å². The molecule has 10 nitrogen and oxygen atoms in total. The van der Waals surface area contributed by atoms with Crippen LogP contribution >= 0.6 is 0 Å². The summed E-state index contributed by atoms with van der Waals surface area (Å²) >= 11 is 0. The average molecular weight is 794 g/mol. The van der Waals surface area contributed by atoms with Crippen LogP contribution in [0.3, 0.4) is 0 Å². The lowest BCUT2D eigenvalue weighted by atomic mass is 9.89. The Balaban J connectivity index is 1.20. The smallest absolute Gasteiger partial charge is 0.260 e. The molecule has 4 aromatic carbocycles. The Hall–Kier alpha value is -5.71. The number of nitrogens with zero attached hydrogens (tertiary/aromatic N) is 5. The zero-order chi connectivity index (χ0) is 41.0. The summed E-state index contributed by atoms with van der Waals surface area (Å²) in [5.74, 6) is 0.0378. The van der Waals surface area contributed by atoms with Gasteiger partial charge in [0, 0.05) is 87.1 Å². The highest BCUT2D eigenvalue weighted by Crippen LogP contribution is 2.36. The first-order valence-corrected chi connectivity index (χ1v) is 21.1. The molecule has 1 N–H and O–H groups in total. The maximum atomic E-state index is 15.5. The van der Waals surface area contributed by atoms with Gasteiger partial charge in [0.15, 0.2) is 0 Å². The molecule has 5 aromatic rings. The fourth-order valence-corrected chi connectivity index (χ4v) is 8.93. The molecule has 8 rings (SSSR count). The molecule has 1 fully saturated rings. The molecule has 10 heteroatoms. The van der Waals surface area contributed by atoms with E-state index in [1.54, 1.807) is 29.2 Å². The summed E-state index contributed by atoms with van der Waals surface area (Å²) < 4.78 is 7.72. The number of hydrogen-bond donors (Lipinski definition) is 1. The Morgan fingerprint density at radius 2 is 1.54 bits per heavy atom. The summed E-state index contributed by atoms with van der Waals surface area (Å²) in [5, 5.41) is 10.0. The number of aromatic hydroxyl groups is 1. The second-order valence-electron chi connectivity index (χ2n) is 16.3. The third kappa shape index (κ3) is 8.56. The van der Waals surface area contributed by atoms with Gasteiger partial charge in [-0.2, -0.15) is 0 Å². The molecular formula is C49H55N5O5. The van der Waals surface area contributed by atoms with Crippen LogP contribution in [-0.4, -0.2) is 94.1 Å². The molecule has 0 aliphatic carbocycles. The molecular weight excluding hydrogens is 739 g/mol. The molecule has 1 aromatic heterocycles. The Kier molecular flexibility index (Phi) is 12.0. The highest BCUT2D eigenvalue weighted by Gasteiger charge is 2.35. The van der Waals surface area contributed by atoms with Gasteiger partial charge in [-0.05, 0) is 96.5 Å². The number of anilines is 1. The molecule has 306 valence electrons. The summed E-state index contributed by atoms with van der Waals surface area (Å²) in [6.07, 6.45) is 3.49. The molecule has 0 bridgehead atoms. The van der Waals surface area contributed by atoms with Gasteiger partial charge in [0.1, 0.15) is 5.75 Å². The summed E-state index contributed by atoms with van der Waals surface area (Å²) in [6, 6.07) is 31.1. The first-order chi connectivity index (χ1) is 28.7. The molecule has 4 heterocycles. The van der Waals surface area contributed by atoms with E-state index in [0.717, 1.165) is 83.8 Å². The molecule has 0 spiro atoms. The van der Waals surface area contributed by atoms with Gasteiger partial charge in [-0.1, -0.05) is 67.9 Å². The Bertz CT molecular complexity index is 2310. The lowest BCUT2D eigenvalue weighted by molar-refractivity contribution is -0.131. The lowest BCUT2D eigenvalue weighted by Gasteiger charge is -2.41. The molecule has 3 amide bonds.